The van der Waals surface area contributed by atoms with Gasteiger partial charge in [0, 0.05) is 30.7 Å². The van der Waals surface area contributed by atoms with Crippen LogP contribution < -0.4 is 0 Å². The number of hydrogen-bond donors (Lipinski definition) is 2. The van der Waals surface area contributed by atoms with E-state index in [0.29, 0.717) is 38.4 Å². The monoisotopic (exact) mass is 554 g/mol. The molecule has 4 aromatic carbocycles. The van der Waals surface area contributed by atoms with Crippen LogP contribution in [0.15, 0.2) is 99.9 Å². The van der Waals surface area contributed by atoms with Crippen molar-refractivity contribution in [2.45, 2.75) is 11.2 Å². The van der Waals surface area contributed by atoms with Gasteiger partial charge in [0.05, 0.1) is 0 Å². The van der Waals surface area contributed by atoms with Gasteiger partial charge in [0.2, 0.25) is 0 Å². The minimum Gasteiger partial charge on any atom is -0.376 e. The van der Waals surface area contributed by atoms with E-state index in [1.807, 2.05) is 72.8 Å². The fourth-order valence-electron chi connectivity index (χ4n) is 4.63. The number of fused-ring (bicyclic) bond motifs is 2. The Kier molecular flexibility index (Phi) is 5.11. The van der Waals surface area contributed by atoms with Crippen molar-refractivity contribution < 1.29 is 10.2 Å². The van der Waals surface area contributed by atoms with E-state index in [9.17, 15) is 10.2 Å². The molecule has 154 valence electrons. The fraction of sp³-hybridized carbons (Fsp3) is 0.0769. The highest BCUT2D eigenvalue weighted by Crippen LogP contribution is 2.55. The molecule has 31 heavy (non-hydrogen) atoms. The Morgan fingerprint density at radius 3 is 1.39 bits per heavy atom. The lowest BCUT2D eigenvalue weighted by atomic mass is 9.63. The Labute approximate surface area is 202 Å². The molecule has 0 aromatic heterocycles. The summed E-state index contributed by atoms with van der Waals surface area (Å²) in [7, 11) is 0. The molecular formula is C26H17Br2ClO2. The van der Waals surface area contributed by atoms with Gasteiger partial charge in [-0.1, -0.05) is 110 Å². The molecule has 2 N–H and O–H groups in total. The van der Waals surface area contributed by atoms with Crippen molar-refractivity contribution in [3.05, 3.63) is 138 Å². The van der Waals surface area contributed by atoms with E-state index in [4.69, 9.17) is 11.6 Å². The molecule has 1 aliphatic carbocycles. The highest BCUT2D eigenvalue weighted by molar-refractivity contribution is 9.10. The van der Waals surface area contributed by atoms with Gasteiger partial charge in [-0.3, -0.25) is 0 Å². The maximum Gasteiger partial charge on any atom is 0.142 e. The molecule has 1 aliphatic rings. The Balaban J connectivity index is 1.96. The average molecular weight is 557 g/mol. The second-order valence-electron chi connectivity index (χ2n) is 7.62. The third kappa shape index (κ3) is 2.97. The summed E-state index contributed by atoms with van der Waals surface area (Å²) in [6.07, 6.45) is 0. The Morgan fingerprint density at radius 1 is 0.516 bits per heavy atom. The third-order valence-corrected chi connectivity index (χ3v) is 7.61. The van der Waals surface area contributed by atoms with E-state index in [0.717, 1.165) is 8.95 Å². The van der Waals surface area contributed by atoms with E-state index in [1.165, 1.54) is 0 Å². The van der Waals surface area contributed by atoms with Crippen LogP contribution in [0.3, 0.4) is 0 Å². The molecule has 0 bridgehead atoms. The molecule has 2 unspecified atom stereocenters. The standard InChI is InChI=1S/C26H17Br2ClO2/c27-23-11-5-3-9-20(23)25(30)17-7-1-2-8-18(17)26(31,21-10-4-6-12-24(21)28)22-15-16(29)13-14-19(22)25/h1-15,30-31H. The van der Waals surface area contributed by atoms with Crippen LogP contribution in [0.25, 0.3) is 0 Å². The van der Waals surface area contributed by atoms with Crippen molar-refractivity contribution in [2.75, 3.05) is 0 Å². The van der Waals surface area contributed by atoms with Crippen LogP contribution in [0, 0.1) is 0 Å². The number of benzene rings is 4. The lowest BCUT2D eigenvalue weighted by molar-refractivity contribution is 0.0740. The number of aliphatic hydroxyl groups is 2. The number of rotatable bonds is 2. The van der Waals surface area contributed by atoms with Crippen molar-refractivity contribution in [3.8, 4) is 0 Å². The molecular weight excluding hydrogens is 540 g/mol. The van der Waals surface area contributed by atoms with E-state index < -0.39 is 11.2 Å². The Morgan fingerprint density at radius 2 is 0.903 bits per heavy atom. The van der Waals surface area contributed by atoms with Crippen LogP contribution in [0.4, 0.5) is 0 Å². The van der Waals surface area contributed by atoms with Crippen LogP contribution in [0.5, 0.6) is 0 Å². The predicted molar refractivity (Wildman–Crippen MR) is 130 cm³/mol. The van der Waals surface area contributed by atoms with Gasteiger partial charge >= 0.3 is 0 Å². The average Bonchev–Trinajstić information content (AvgIpc) is 2.78. The van der Waals surface area contributed by atoms with Crippen LogP contribution in [0.1, 0.15) is 33.4 Å². The minimum absolute atomic E-state index is 0.484. The summed E-state index contributed by atoms with van der Waals surface area (Å²) in [4.78, 5) is 0. The summed E-state index contributed by atoms with van der Waals surface area (Å²) in [6, 6.07) is 27.9. The maximum atomic E-state index is 12.4. The molecule has 0 fully saturated rings. The topological polar surface area (TPSA) is 40.5 Å². The zero-order chi connectivity index (χ0) is 21.8. The lowest BCUT2D eigenvalue weighted by Crippen LogP contribution is -2.44. The molecule has 2 nitrogen and oxygen atoms in total. The van der Waals surface area contributed by atoms with Crippen LogP contribution in [-0.2, 0) is 11.2 Å². The second kappa shape index (κ2) is 7.58. The van der Waals surface area contributed by atoms with Gasteiger partial charge in [-0.2, -0.15) is 0 Å². The summed E-state index contributed by atoms with van der Waals surface area (Å²) in [5.41, 5.74) is 0.740. The van der Waals surface area contributed by atoms with Crippen LogP contribution in [-0.4, -0.2) is 10.2 Å². The van der Waals surface area contributed by atoms with Crippen molar-refractivity contribution in [2.24, 2.45) is 0 Å². The zero-order valence-electron chi connectivity index (χ0n) is 16.2. The van der Waals surface area contributed by atoms with Crippen molar-refractivity contribution in [1.82, 2.24) is 0 Å². The normalized spacial score (nSPS) is 22.0. The number of hydrogen-bond acceptors (Lipinski definition) is 2. The molecule has 0 spiro atoms. The first-order valence-corrected chi connectivity index (χ1v) is 11.7. The molecule has 0 saturated carbocycles. The van der Waals surface area contributed by atoms with Crippen LogP contribution in [0.2, 0.25) is 5.02 Å². The van der Waals surface area contributed by atoms with E-state index in [1.54, 1.807) is 18.2 Å². The molecule has 0 heterocycles. The quantitative estimate of drug-likeness (QED) is 0.287. The van der Waals surface area contributed by atoms with Gasteiger partial charge in [-0.25, -0.2) is 0 Å². The molecule has 5 heteroatoms. The zero-order valence-corrected chi connectivity index (χ0v) is 20.1. The van der Waals surface area contributed by atoms with Gasteiger partial charge in [0.15, 0.2) is 0 Å². The molecule has 0 radical (unpaired) electrons. The first kappa shape index (κ1) is 20.9. The van der Waals surface area contributed by atoms with Gasteiger partial charge in [0.25, 0.3) is 0 Å². The van der Waals surface area contributed by atoms with Crippen molar-refractivity contribution in [3.63, 3.8) is 0 Å². The van der Waals surface area contributed by atoms with Gasteiger partial charge in [-0.05, 0) is 41.0 Å². The van der Waals surface area contributed by atoms with Gasteiger partial charge in [0.1, 0.15) is 11.2 Å². The summed E-state index contributed by atoms with van der Waals surface area (Å²) in [5, 5.41) is 25.2. The third-order valence-electron chi connectivity index (χ3n) is 6.00. The van der Waals surface area contributed by atoms with Gasteiger partial charge < -0.3 is 10.2 Å². The summed E-state index contributed by atoms with van der Waals surface area (Å²) in [6.45, 7) is 0. The predicted octanol–water partition coefficient (Wildman–Crippen LogP) is 6.75. The SMILES string of the molecule is OC1(c2ccccc2Br)c2ccccc2C(O)(c2ccccc2Br)c2cc(Cl)ccc21. The molecule has 0 saturated heterocycles. The first-order chi connectivity index (χ1) is 14.9. The van der Waals surface area contributed by atoms with Gasteiger partial charge in [-0.15, -0.1) is 0 Å². The summed E-state index contributed by atoms with van der Waals surface area (Å²) >= 11 is 13.6. The van der Waals surface area contributed by atoms with E-state index >= 15 is 0 Å². The smallest absolute Gasteiger partial charge is 0.142 e. The van der Waals surface area contributed by atoms with Crippen molar-refractivity contribution >= 4 is 43.5 Å². The van der Waals surface area contributed by atoms with Crippen LogP contribution >= 0.6 is 43.5 Å². The maximum absolute atomic E-state index is 12.4. The second-order valence-corrected chi connectivity index (χ2v) is 9.76. The largest absolute Gasteiger partial charge is 0.376 e. The molecule has 4 aromatic rings. The van der Waals surface area contributed by atoms with E-state index in [2.05, 4.69) is 31.9 Å². The number of halogens is 3. The Bertz CT molecular complexity index is 1320. The van der Waals surface area contributed by atoms with Crippen molar-refractivity contribution in [1.29, 1.82) is 0 Å². The fourth-order valence-corrected chi connectivity index (χ4v) is 5.94. The molecule has 2 atom stereocenters. The lowest BCUT2D eigenvalue weighted by Gasteiger charge is -2.45. The molecule has 5 rings (SSSR count). The summed E-state index contributed by atoms with van der Waals surface area (Å²) < 4.78 is 1.55. The molecule has 0 aliphatic heterocycles. The highest BCUT2D eigenvalue weighted by atomic mass is 79.9. The molecule has 0 amide bonds. The Hall–Kier alpha value is -1.95. The highest BCUT2D eigenvalue weighted by Gasteiger charge is 2.51. The summed E-state index contributed by atoms with van der Waals surface area (Å²) in [5.74, 6) is 0. The van der Waals surface area contributed by atoms with E-state index in [-0.39, 0.29) is 0 Å². The minimum atomic E-state index is -1.51. The first-order valence-electron chi connectivity index (χ1n) is 9.73.